The van der Waals surface area contributed by atoms with Crippen LogP contribution < -0.4 is 10.6 Å². The molecule has 1 amide bonds. The van der Waals surface area contributed by atoms with Gasteiger partial charge in [-0.05, 0) is 38.6 Å². The zero-order chi connectivity index (χ0) is 15.4. The molecule has 5 heteroatoms. The first kappa shape index (κ1) is 18.2. The van der Waals surface area contributed by atoms with E-state index < -0.39 is 0 Å². The van der Waals surface area contributed by atoms with Gasteiger partial charge in [-0.25, -0.2) is 0 Å². The molecule has 1 aromatic carbocycles. The van der Waals surface area contributed by atoms with Gasteiger partial charge in [-0.1, -0.05) is 26.3 Å². The zero-order valence-electron chi connectivity index (χ0n) is 12.6. The number of phenolic OH excluding ortho intramolecular Hbond substituents is 2. The predicted octanol–water partition coefficient (Wildman–Crippen LogP) is 2.24. The average Bonchev–Trinajstić information content (AvgIpc) is 2.47. The SMILES string of the molecule is CC.CNCCCCCNC(=O)c1cccc(O)c1O. The minimum atomic E-state index is -0.370. The highest BCUT2D eigenvalue weighted by molar-refractivity contribution is 5.97. The van der Waals surface area contributed by atoms with E-state index in [4.69, 9.17) is 0 Å². The molecule has 0 atom stereocenters. The van der Waals surface area contributed by atoms with Gasteiger partial charge >= 0.3 is 0 Å². The highest BCUT2D eigenvalue weighted by atomic mass is 16.3. The highest BCUT2D eigenvalue weighted by Crippen LogP contribution is 2.27. The normalized spacial score (nSPS) is 9.55. The zero-order valence-corrected chi connectivity index (χ0v) is 12.6. The minimum absolute atomic E-state index is 0.102. The maximum absolute atomic E-state index is 11.7. The first-order chi connectivity index (χ1) is 9.66. The third-order valence-electron chi connectivity index (χ3n) is 2.65. The van der Waals surface area contributed by atoms with E-state index in [2.05, 4.69) is 10.6 Å². The molecule has 1 rings (SSSR count). The van der Waals surface area contributed by atoms with Crippen LogP contribution in [0.5, 0.6) is 11.5 Å². The lowest BCUT2D eigenvalue weighted by Crippen LogP contribution is -2.24. The second kappa shape index (κ2) is 11.1. The van der Waals surface area contributed by atoms with Crippen LogP contribution in [-0.4, -0.2) is 36.3 Å². The maximum atomic E-state index is 11.7. The van der Waals surface area contributed by atoms with E-state index in [9.17, 15) is 15.0 Å². The summed E-state index contributed by atoms with van der Waals surface area (Å²) in [5.41, 5.74) is 0.102. The van der Waals surface area contributed by atoms with Crippen molar-refractivity contribution in [2.24, 2.45) is 0 Å². The van der Waals surface area contributed by atoms with Crippen LogP contribution in [0.3, 0.4) is 0 Å². The Morgan fingerprint density at radius 3 is 2.40 bits per heavy atom. The molecule has 0 spiro atoms. The minimum Gasteiger partial charge on any atom is -0.504 e. The fraction of sp³-hybridized carbons (Fsp3) is 0.533. The Morgan fingerprint density at radius 2 is 1.75 bits per heavy atom. The molecule has 0 fully saturated rings. The van der Waals surface area contributed by atoms with Crippen LogP contribution in [0.15, 0.2) is 18.2 Å². The predicted molar refractivity (Wildman–Crippen MR) is 81.2 cm³/mol. The van der Waals surface area contributed by atoms with Crippen molar-refractivity contribution in [3.05, 3.63) is 23.8 Å². The summed E-state index contributed by atoms with van der Waals surface area (Å²) < 4.78 is 0. The van der Waals surface area contributed by atoms with Crippen LogP contribution in [0.4, 0.5) is 0 Å². The molecular weight excluding hydrogens is 256 g/mol. The third-order valence-corrected chi connectivity index (χ3v) is 2.65. The third kappa shape index (κ3) is 6.43. The smallest absolute Gasteiger partial charge is 0.255 e. The topological polar surface area (TPSA) is 81.6 Å². The van der Waals surface area contributed by atoms with Gasteiger partial charge in [0, 0.05) is 6.54 Å². The fourth-order valence-electron chi connectivity index (χ4n) is 1.62. The lowest BCUT2D eigenvalue weighted by molar-refractivity contribution is 0.0949. The van der Waals surface area contributed by atoms with Crippen molar-refractivity contribution in [3.63, 3.8) is 0 Å². The van der Waals surface area contributed by atoms with E-state index in [0.29, 0.717) is 6.54 Å². The van der Waals surface area contributed by atoms with Crippen molar-refractivity contribution in [2.75, 3.05) is 20.1 Å². The van der Waals surface area contributed by atoms with E-state index in [1.807, 2.05) is 20.9 Å². The van der Waals surface area contributed by atoms with E-state index in [-0.39, 0.29) is 23.0 Å². The number of aromatic hydroxyl groups is 2. The molecule has 0 bridgehead atoms. The van der Waals surface area contributed by atoms with Crippen LogP contribution in [0.25, 0.3) is 0 Å². The number of nitrogens with one attached hydrogen (secondary N) is 2. The Kier molecular flexibility index (Phi) is 10.1. The molecule has 5 nitrogen and oxygen atoms in total. The van der Waals surface area contributed by atoms with Crippen LogP contribution in [0, 0.1) is 0 Å². The van der Waals surface area contributed by atoms with Crippen LogP contribution in [0.1, 0.15) is 43.5 Å². The number of carbonyl (C=O) groups is 1. The summed E-state index contributed by atoms with van der Waals surface area (Å²) in [6.45, 7) is 5.54. The maximum Gasteiger partial charge on any atom is 0.255 e. The van der Waals surface area contributed by atoms with Gasteiger partial charge in [0.1, 0.15) is 0 Å². The Balaban J connectivity index is 0.00000172. The summed E-state index contributed by atoms with van der Waals surface area (Å²) in [6.07, 6.45) is 3.00. The Bertz CT molecular complexity index is 395. The summed E-state index contributed by atoms with van der Waals surface area (Å²) in [4.78, 5) is 11.7. The molecule has 4 N–H and O–H groups in total. The number of hydrogen-bond acceptors (Lipinski definition) is 4. The number of amides is 1. The van der Waals surface area contributed by atoms with E-state index in [0.717, 1.165) is 25.8 Å². The Hall–Kier alpha value is -1.75. The first-order valence-electron chi connectivity index (χ1n) is 7.10. The largest absolute Gasteiger partial charge is 0.504 e. The number of carbonyl (C=O) groups excluding carboxylic acids is 1. The summed E-state index contributed by atoms with van der Waals surface area (Å²) in [5.74, 6) is -1.01. The second-order valence-corrected chi connectivity index (χ2v) is 4.09. The van der Waals surface area contributed by atoms with Crippen molar-refractivity contribution >= 4 is 5.91 Å². The van der Waals surface area contributed by atoms with Gasteiger partial charge < -0.3 is 20.8 Å². The van der Waals surface area contributed by atoms with Gasteiger partial charge in [0.25, 0.3) is 5.91 Å². The van der Waals surface area contributed by atoms with Gasteiger partial charge in [0.2, 0.25) is 0 Å². The quantitative estimate of drug-likeness (QED) is 0.457. The summed E-state index contributed by atoms with van der Waals surface area (Å²) >= 11 is 0. The molecule has 0 aromatic heterocycles. The molecule has 0 aliphatic carbocycles. The molecule has 0 aliphatic rings. The summed E-state index contributed by atoms with van der Waals surface area (Å²) in [5, 5.41) is 24.6. The van der Waals surface area contributed by atoms with E-state index >= 15 is 0 Å². The summed E-state index contributed by atoms with van der Waals surface area (Å²) in [6, 6.07) is 4.34. The monoisotopic (exact) mass is 282 g/mol. The van der Waals surface area contributed by atoms with Gasteiger partial charge in [0.15, 0.2) is 11.5 Å². The number of benzene rings is 1. The molecule has 0 saturated heterocycles. The molecule has 0 aliphatic heterocycles. The van der Waals surface area contributed by atoms with Crippen molar-refractivity contribution < 1.29 is 15.0 Å². The number of phenols is 2. The van der Waals surface area contributed by atoms with Gasteiger partial charge in [0.05, 0.1) is 5.56 Å². The fourth-order valence-corrected chi connectivity index (χ4v) is 1.62. The van der Waals surface area contributed by atoms with Crippen LogP contribution in [-0.2, 0) is 0 Å². The van der Waals surface area contributed by atoms with Gasteiger partial charge in [-0.15, -0.1) is 0 Å². The number of rotatable bonds is 7. The molecule has 0 heterocycles. The van der Waals surface area contributed by atoms with Crippen molar-refractivity contribution in [1.29, 1.82) is 0 Å². The van der Waals surface area contributed by atoms with Crippen LogP contribution in [0.2, 0.25) is 0 Å². The molecule has 0 saturated carbocycles. The lowest BCUT2D eigenvalue weighted by atomic mass is 10.1. The first-order valence-corrected chi connectivity index (χ1v) is 7.10. The molecule has 1 aromatic rings. The number of para-hydroxylation sites is 1. The molecule has 20 heavy (non-hydrogen) atoms. The van der Waals surface area contributed by atoms with Gasteiger partial charge in [-0.3, -0.25) is 4.79 Å². The molecule has 114 valence electrons. The lowest BCUT2D eigenvalue weighted by Gasteiger charge is -2.07. The van der Waals surface area contributed by atoms with Crippen LogP contribution >= 0.6 is 0 Å². The number of hydrogen-bond donors (Lipinski definition) is 4. The summed E-state index contributed by atoms with van der Waals surface area (Å²) in [7, 11) is 1.91. The second-order valence-electron chi connectivity index (χ2n) is 4.09. The standard InChI is InChI=1S/C13H20N2O3.C2H6/c1-14-8-3-2-4-9-15-13(18)10-6-5-7-11(16)12(10)17;1-2/h5-7,14,16-17H,2-4,8-9H2,1H3,(H,15,18);1-2H3. The Labute approximate surface area is 121 Å². The molecule has 0 unspecified atom stereocenters. The average molecular weight is 282 g/mol. The number of unbranched alkanes of at least 4 members (excludes halogenated alkanes) is 2. The van der Waals surface area contributed by atoms with Gasteiger partial charge in [-0.2, -0.15) is 0 Å². The molecular formula is C15H26N2O3. The van der Waals surface area contributed by atoms with E-state index in [1.165, 1.54) is 18.2 Å². The van der Waals surface area contributed by atoms with Crippen molar-refractivity contribution in [2.45, 2.75) is 33.1 Å². The van der Waals surface area contributed by atoms with Crippen molar-refractivity contribution in [3.8, 4) is 11.5 Å². The van der Waals surface area contributed by atoms with Crippen molar-refractivity contribution in [1.82, 2.24) is 10.6 Å². The highest BCUT2D eigenvalue weighted by Gasteiger charge is 2.12. The Morgan fingerprint density at radius 1 is 1.10 bits per heavy atom. The molecule has 0 radical (unpaired) electrons. The van der Waals surface area contributed by atoms with E-state index in [1.54, 1.807) is 0 Å².